The summed E-state index contributed by atoms with van der Waals surface area (Å²) in [5.41, 5.74) is 1.07. The minimum absolute atomic E-state index is 0.785. The van der Waals surface area contributed by atoms with Crippen LogP contribution in [0.15, 0.2) is 36.9 Å². The van der Waals surface area contributed by atoms with E-state index in [1.165, 1.54) is 17.5 Å². The van der Waals surface area contributed by atoms with Crippen molar-refractivity contribution in [1.29, 1.82) is 0 Å². The molecule has 0 radical (unpaired) electrons. The van der Waals surface area contributed by atoms with Gasteiger partial charge in [-0.05, 0) is 18.6 Å². The third-order valence-electron chi connectivity index (χ3n) is 1.68. The second-order valence-corrected chi connectivity index (χ2v) is 2.65. The van der Waals surface area contributed by atoms with E-state index in [0.717, 1.165) is 11.3 Å². The van der Waals surface area contributed by atoms with Crippen LogP contribution in [0, 0.1) is 6.92 Å². The van der Waals surface area contributed by atoms with E-state index in [0.29, 0.717) is 0 Å². The third-order valence-corrected chi connectivity index (χ3v) is 1.68. The molecular weight excluding hydrogens is 166 g/mol. The van der Waals surface area contributed by atoms with Crippen LogP contribution < -0.4 is 4.84 Å². The Bertz CT molecular complexity index is 384. The first kappa shape index (κ1) is 7.79. The smallest absolute Gasteiger partial charge is 0.160 e. The molecule has 0 saturated heterocycles. The van der Waals surface area contributed by atoms with Crippen molar-refractivity contribution in [1.82, 2.24) is 14.9 Å². The van der Waals surface area contributed by atoms with Gasteiger partial charge in [-0.25, -0.2) is 4.98 Å². The summed E-state index contributed by atoms with van der Waals surface area (Å²) in [5.74, 6) is 0.785. The lowest BCUT2D eigenvalue weighted by atomic mass is 10.2. The van der Waals surface area contributed by atoms with E-state index in [1.54, 1.807) is 0 Å². The molecule has 4 heteroatoms. The number of nitrogens with zero attached hydrogens (tertiary/aromatic N) is 3. The van der Waals surface area contributed by atoms with Crippen molar-refractivity contribution in [3.8, 4) is 5.75 Å². The van der Waals surface area contributed by atoms with Gasteiger partial charge in [0.2, 0.25) is 0 Å². The average Bonchev–Trinajstić information content (AvgIpc) is 2.61. The Labute approximate surface area is 75.7 Å². The van der Waals surface area contributed by atoms with Crippen LogP contribution in [-0.2, 0) is 0 Å². The maximum absolute atomic E-state index is 5.39. The Balaban J connectivity index is 2.24. The number of aryl methyl sites for hydroxylation is 1. The summed E-state index contributed by atoms with van der Waals surface area (Å²) in [5, 5.41) is 3.84. The lowest BCUT2D eigenvalue weighted by Crippen LogP contribution is -2.05. The second kappa shape index (κ2) is 3.26. The Hall–Kier alpha value is -1.84. The van der Waals surface area contributed by atoms with Gasteiger partial charge in [0.15, 0.2) is 12.1 Å². The van der Waals surface area contributed by atoms with Gasteiger partial charge in [-0.1, -0.05) is 23.0 Å². The molecule has 0 atom stereocenters. The molecule has 0 fully saturated rings. The highest BCUT2D eigenvalue weighted by Gasteiger charge is 1.98. The minimum Gasteiger partial charge on any atom is -0.356 e. The zero-order valence-corrected chi connectivity index (χ0v) is 7.21. The van der Waals surface area contributed by atoms with Crippen LogP contribution in [0.1, 0.15) is 5.56 Å². The largest absolute Gasteiger partial charge is 0.356 e. The molecule has 66 valence electrons. The van der Waals surface area contributed by atoms with Crippen molar-refractivity contribution in [3.05, 3.63) is 42.5 Å². The molecule has 0 N–H and O–H groups in total. The predicted octanol–water partition coefficient (Wildman–Crippen LogP) is 1.43. The topological polar surface area (TPSA) is 39.9 Å². The van der Waals surface area contributed by atoms with Crippen molar-refractivity contribution in [3.63, 3.8) is 0 Å². The molecule has 0 aliphatic heterocycles. The highest BCUT2D eigenvalue weighted by atomic mass is 16.7. The van der Waals surface area contributed by atoms with E-state index < -0.39 is 0 Å². The van der Waals surface area contributed by atoms with Gasteiger partial charge < -0.3 is 4.84 Å². The highest BCUT2D eigenvalue weighted by Crippen LogP contribution is 2.15. The number of rotatable bonds is 2. The zero-order valence-electron chi connectivity index (χ0n) is 7.21. The molecule has 2 aromatic rings. The van der Waals surface area contributed by atoms with Crippen LogP contribution in [0.3, 0.4) is 0 Å². The third kappa shape index (κ3) is 1.66. The van der Waals surface area contributed by atoms with Crippen molar-refractivity contribution < 1.29 is 4.84 Å². The Kier molecular flexibility index (Phi) is 1.96. The first-order valence-electron chi connectivity index (χ1n) is 3.95. The second-order valence-electron chi connectivity index (χ2n) is 2.65. The molecule has 0 aliphatic rings. The van der Waals surface area contributed by atoms with Crippen LogP contribution in [0.5, 0.6) is 5.75 Å². The SMILES string of the molecule is Cc1ccccc1On1cncn1. The molecule has 1 aromatic carbocycles. The maximum atomic E-state index is 5.39. The fraction of sp³-hybridized carbons (Fsp3) is 0.111. The molecule has 0 bridgehead atoms. The van der Waals surface area contributed by atoms with E-state index in [-0.39, 0.29) is 0 Å². The maximum Gasteiger partial charge on any atom is 0.160 e. The standard InChI is InChI=1S/C9H9N3O/c1-8-4-2-3-5-9(8)13-12-7-10-6-11-12/h2-7H,1H3. The van der Waals surface area contributed by atoms with E-state index in [1.807, 2.05) is 31.2 Å². The summed E-state index contributed by atoms with van der Waals surface area (Å²) in [6.45, 7) is 1.98. The lowest BCUT2D eigenvalue weighted by molar-refractivity contribution is 0.176. The number of hydrogen-bond acceptors (Lipinski definition) is 3. The summed E-state index contributed by atoms with van der Waals surface area (Å²) in [7, 11) is 0. The molecule has 4 nitrogen and oxygen atoms in total. The quantitative estimate of drug-likeness (QED) is 0.693. The summed E-state index contributed by atoms with van der Waals surface area (Å²) in [6, 6.07) is 7.74. The molecule has 13 heavy (non-hydrogen) atoms. The van der Waals surface area contributed by atoms with Crippen molar-refractivity contribution in [2.24, 2.45) is 0 Å². The predicted molar refractivity (Wildman–Crippen MR) is 47.2 cm³/mol. The number of hydrogen-bond donors (Lipinski definition) is 0. The molecule has 1 heterocycles. The van der Waals surface area contributed by atoms with E-state index in [9.17, 15) is 0 Å². The Morgan fingerprint density at radius 2 is 2.15 bits per heavy atom. The lowest BCUT2D eigenvalue weighted by Gasteiger charge is -2.05. The van der Waals surface area contributed by atoms with E-state index >= 15 is 0 Å². The fourth-order valence-electron chi connectivity index (χ4n) is 1.00. The molecule has 0 amide bonds. The molecule has 1 aromatic heterocycles. The zero-order chi connectivity index (χ0) is 9.10. The summed E-state index contributed by atoms with van der Waals surface area (Å²) in [6.07, 6.45) is 2.94. The van der Waals surface area contributed by atoms with Gasteiger partial charge in [-0.15, -0.1) is 5.10 Å². The van der Waals surface area contributed by atoms with Crippen LogP contribution in [0.4, 0.5) is 0 Å². The average molecular weight is 175 g/mol. The molecule has 2 rings (SSSR count). The van der Waals surface area contributed by atoms with Crippen LogP contribution in [0.25, 0.3) is 0 Å². The summed E-state index contributed by atoms with van der Waals surface area (Å²) >= 11 is 0. The Morgan fingerprint density at radius 1 is 1.31 bits per heavy atom. The van der Waals surface area contributed by atoms with E-state index in [2.05, 4.69) is 10.1 Å². The van der Waals surface area contributed by atoms with Gasteiger partial charge in [0, 0.05) is 0 Å². The normalized spacial score (nSPS) is 9.92. The highest BCUT2D eigenvalue weighted by molar-refractivity contribution is 5.31. The first-order chi connectivity index (χ1) is 6.36. The molecule has 0 unspecified atom stereocenters. The van der Waals surface area contributed by atoms with Crippen LogP contribution >= 0.6 is 0 Å². The molecule has 0 saturated carbocycles. The van der Waals surface area contributed by atoms with Gasteiger partial charge in [0.25, 0.3) is 0 Å². The fourth-order valence-corrected chi connectivity index (χ4v) is 1.00. The van der Waals surface area contributed by atoms with Gasteiger partial charge in [0.05, 0.1) is 0 Å². The molecule has 0 aliphatic carbocycles. The molecule has 0 spiro atoms. The minimum atomic E-state index is 0.785. The Morgan fingerprint density at radius 3 is 2.85 bits per heavy atom. The van der Waals surface area contributed by atoms with Crippen molar-refractivity contribution in [2.75, 3.05) is 0 Å². The number of benzene rings is 1. The van der Waals surface area contributed by atoms with E-state index in [4.69, 9.17) is 4.84 Å². The first-order valence-corrected chi connectivity index (χ1v) is 3.95. The van der Waals surface area contributed by atoms with Crippen LogP contribution in [0.2, 0.25) is 0 Å². The van der Waals surface area contributed by atoms with Crippen LogP contribution in [-0.4, -0.2) is 14.9 Å². The summed E-state index contributed by atoms with van der Waals surface area (Å²) in [4.78, 5) is 10.5. The number of para-hydroxylation sites is 1. The number of aromatic nitrogens is 3. The molecular formula is C9H9N3O. The van der Waals surface area contributed by atoms with Crippen molar-refractivity contribution in [2.45, 2.75) is 6.92 Å². The van der Waals surface area contributed by atoms with Gasteiger partial charge in [-0.3, -0.25) is 0 Å². The van der Waals surface area contributed by atoms with Gasteiger partial charge >= 0.3 is 0 Å². The van der Waals surface area contributed by atoms with Gasteiger partial charge in [0.1, 0.15) is 6.33 Å². The van der Waals surface area contributed by atoms with Gasteiger partial charge in [-0.2, -0.15) is 0 Å². The van der Waals surface area contributed by atoms with Crippen molar-refractivity contribution >= 4 is 0 Å². The summed E-state index contributed by atoms with van der Waals surface area (Å²) < 4.78 is 0. The monoisotopic (exact) mass is 175 g/mol.